The second-order valence-electron chi connectivity index (χ2n) is 5.71. The highest BCUT2D eigenvalue weighted by Crippen LogP contribution is 2.27. The number of nitrogens with one attached hydrogen (secondary N) is 2. The predicted octanol–water partition coefficient (Wildman–Crippen LogP) is 3.71. The molecule has 2 N–H and O–H groups in total. The summed E-state index contributed by atoms with van der Waals surface area (Å²) in [6.07, 6.45) is 1.33. The normalized spacial score (nSPS) is 11.3. The van der Waals surface area contributed by atoms with Crippen molar-refractivity contribution in [3.8, 4) is 0 Å². The molecule has 0 unspecified atom stereocenters. The van der Waals surface area contributed by atoms with E-state index in [1.54, 1.807) is 44.2 Å². The van der Waals surface area contributed by atoms with Gasteiger partial charge in [0.1, 0.15) is 16.2 Å². The number of hydrogen-bond acceptors (Lipinski definition) is 6. The van der Waals surface area contributed by atoms with E-state index in [4.69, 9.17) is 4.52 Å². The van der Waals surface area contributed by atoms with Crippen LogP contribution in [0.4, 0.5) is 11.4 Å². The number of aryl methyl sites for hydroxylation is 3. The van der Waals surface area contributed by atoms with Crippen molar-refractivity contribution in [3.63, 3.8) is 0 Å². The van der Waals surface area contributed by atoms with E-state index in [1.807, 2.05) is 6.92 Å². The van der Waals surface area contributed by atoms with Crippen molar-refractivity contribution < 1.29 is 17.7 Å². The maximum Gasteiger partial charge on any atom is 0.263 e. The number of amides is 1. The first-order chi connectivity index (χ1) is 12.3. The highest BCUT2D eigenvalue weighted by Gasteiger charge is 2.19. The van der Waals surface area contributed by atoms with E-state index in [2.05, 4.69) is 15.2 Å². The third-order valence-corrected chi connectivity index (χ3v) is 6.26. The summed E-state index contributed by atoms with van der Waals surface area (Å²) < 4.78 is 32.6. The minimum atomic E-state index is -3.70. The van der Waals surface area contributed by atoms with Crippen LogP contribution in [0.1, 0.15) is 25.9 Å². The van der Waals surface area contributed by atoms with Gasteiger partial charge in [-0.2, -0.15) is 0 Å². The molecule has 3 aromatic rings. The number of aromatic nitrogens is 1. The van der Waals surface area contributed by atoms with Crippen LogP contribution in [-0.2, 0) is 10.0 Å². The van der Waals surface area contributed by atoms with Gasteiger partial charge in [0.05, 0.1) is 11.9 Å². The topological polar surface area (TPSA) is 101 Å². The van der Waals surface area contributed by atoms with E-state index in [0.717, 1.165) is 9.75 Å². The van der Waals surface area contributed by atoms with Crippen LogP contribution in [-0.4, -0.2) is 19.5 Å². The third kappa shape index (κ3) is 3.78. The van der Waals surface area contributed by atoms with Crippen LogP contribution < -0.4 is 10.0 Å². The highest BCUT2D eigenvalue weighted by atomic mass is 32.2. The number of sulfonamides is 1. The smallest absolute Gasteiger partial charge is 0.263 e. The van der Waals surface area contributed by atoms with Crippen LogP contribution in [0.5, 0.6) is 0 Å². The fourth-order valence-electron chi connectivity index (χ4n) is 2.46. The van der Waals surface area contributed by atoms with Gasteiger partial charge in [-0.1, -0.05) is 11.2 Å². The first-order valence-electron chi connectivity index (χ1n) is 7.69. The van der Waals surface area contributed by atoms with Gasteiger partial charge in [-0.05, 0) is 45.0 Å². The number of carbonyl (C=O) groups excluding carboxylic acids is 1. The van der Waals surface area contributed by atoms with Crippen LogP contribution >= 0.6 is 11.3 Å². The zero-order valence-electron chi connectivity index (χ0n) is 14.4. The average Bonchev–Trinajstić information content (AvgIpc) is 3.12. The Bertz CT molecular complexity index is 1070. The molecule has 1 aromatic carbocycles. The standard InChI is InChI=1S/C17H17N3O4S2/c1-10-7-16(12(3)25-10)26(22,23)20-14-6-4-5-13(8-14)19-17(21)15-9-18-24-11(15)2/h4-9,20H,1-3H3,(H,19,21). The molecular weight excluding hydrogens is 374 g/mol. The first-order valence-corrected chi connectivity index (χ1v) is 9.99. The van der Waals surface area contributed by atoms with E-state index in [9.17, 15) is 13.2 Å². The number of nitrogens with zero attached hydrogens (tertiary/aromatic N) is 1. The Kier molecular flexibility index (Phi) is 4.84. The monoisotopic (exact) mass is 391 g/mol. The predicted molar refractivity (Wildman–Crippen MR) is 100 cm³/mol. The van der Waals surface area contributed by atoms with Crippen molar-refractivity contribution in [1.82, 2.24) is 5.16 Å². The van der Waals surface area contributed by atoms with Crippen molar-refractivity contribution in [1.29, 1.82) is 0 Å². The van der Waals surface area contributed by atoms with E-state index in [-0.39, 0.29) is 10.8 Å². The molecule has 0 spiro atoms. The number of hydrogen-bond donors (Lipinski definition) is 2. The largest absolute Gasteiger partial charge is 0.361 e. The summed E-state index contributed by atoms with van der Waals surface area (Å²) in [4.78, 5) is 14.1. The summed E-state index contributed by atoms with van der Waals surface area (Å²) in [5, 5.41) is 6.26. The van der Waals surface area contributed by atoms with Gasteiger partial charge in [0, 0.05) is 15.4 Å². The van der Waals surface area contributed by atoms with Crippen molar-refractivity contribution in [2.24, 2.45) is 0 Å². The summed E-state index contributed by atoms with van der Waals surface area (Å²) in [6.45, 7) is 5.27. The molecule has 0 aliphatic rings. The molecule has 2 heterocycles. The molecule has 0 bridgehead atoms. The Morgan fingerprint density at radius 2 is 1.88 bits per heavy atom. The second-order valence-corrected chi connectivity index (χ2v) is 8.82. The number of carbonyl (C=O) groups is 1. The van der Waals surface area contributed by atoms with Gasteiger partial charge in [-0.3, -0.25) is 9.52 Å². The summed E-state index contributed by atoms with van der Waals surface area (Å²) in [6, 6.07) is 8.13. The SMILES string of the molecule is Cc1cc(S(=O)(=O)Nc2cccc(NC(=O)c3cnoc3C)c2)c(C)s1. The lowest BCUT2D eigenvalue weighted by Crippen LogP contribution is -2.14. The van der Waals surface area contributed by atoms with Crippen LogP contribution in [0.3, 0.4) is 0 Å². The Hall–Kier alpha value is -2.65. The molecule has 1 amide bonds. The molecule has 136 valence electrons. The van der Waals surface area contributed by atoms with E-state index in [1.165, 1.54) is 17.5 Å². The zero-order chi connectivity index (χ0) is 18.9. The maximum atomic E-state index is 12.6. The minimum absolute atomic E-state index is 0.259. The van der Waals surface area contributed by atoms with Gasteiger partial charge in [0.25, 0.3) is 15.9 Å². The Labute approximate surface area is 155 Å². The van der Waals surface area contributed by atoms with E-state index >= 15 is 0 Å². The first kappa shape index (κ1) is 18.2. The molecule has 7 nitrogen and oxygen atoms in total. The molecule has 26 heavy (non-hydrogen) atoms. The molecule has 0 radical (unpaired) electrons. The van der Waals surface area contributed by atoms with Gasteiger partial charge >= 0.3 is 0 Å². The summed E-state index contributed by atoms with van der Waals surface area (Å²) in [5.74, 6) is 0.0238. The maximum absolute atomic E-state index is 12.6. The van der Waals surface area contributed by atoms with Crippen molar-refractivity contribution in [3.05, 3.63) is 57.6 Å². The van der Waals surface area contributed by atoms with Crippen molar-refractivity contribution in [2.75, 3.05) is 10.0 Å². The van der Waals surface area contributed by atoms with Crippen LogP contribution in [0.2, 0.25) is 0 Å². The Balaban J connectivity index is 1.80. The highest BCUT2D eigenvalue weighted by molar-refractivity contribution is 7.93. The lowest BCUT2D eigenvalue weighted by Gasteiger charge is -2.10. The molecule has 0 saturated carbocycles. The quantitative estimate of drug-likeness (QED) is 0.690. The summed E-state index contributed by atoms with van der Waals surface area (Å²) >= 11 is 1.43. The molecule has 2 aromatic heterocycles. The number of anilines is 2. The van der Waals surface area contributed by atoms with Crippen molar-refractivity contribution in [2.45, 2.75) is 25.7 Å². The molecule has 9 heteroatoms. The molecule has 0 aliphatic heterocycles. The fourth-order valence-corrected chi connectivity index (χ4v) is 5.07. The van der Waals surface area contributed by atoms with Crippen LogP contribution in [0.15, 0.2) is 45.9 Å². The zero-order valence-corrected chi connectivity index (χ0v) is 16.0. The lowest BCUT2D eigenvalue weighted by molar-refractivity contribution is 0.102. The van der Waals surface area contributed by atoms with Crippen molar-refractivity contribution >= 4 is 38.6 Å². The Morgan fingerprint density at radius 1 is 1.15 bits per heavy atom. The van der Waals surface area contributed by atoms with Crippen LogP contribution in [0, 0.1) is 20.8 Å². The Morgan fingerprint density at radius 3 is 2.50 bits per heavy atom. The fraction of sp³-hybridized carbons (Fsp3) is 0.176. The number of thiophene rings is 1. The minimum Gasteiger partial charge on any atom is -0.361 e. The summed E-state index contributed by atoms with van der Waals surface area (Å²) in [5.41, 5.74) is 1.13. The van der Waals surface area contributed by atoms with E-state index < -0.39 is 10.0 Å². The van der Waals surface area contributed by atoms with Gasteiger partial charge < -0.3 is 9.84 Å². The molecular formula is C17H17N3O4S2. The molecule has 0 fully saturated rings. The molecule has 0 atom stereocenters. The van der Waals surface area contributed by atoms with Gasteiger partial charge in [-0.15, -0.1) is 11.3 Å². The van der Waals surface area contributed by atoms with Gasteiger partial charge in [0.15, 0.2) is 0 Å². The molecule has 0 aliphatic carbocycles. The molecule has 0 saturated heterocycles. The second kappa shape index (κ2) is 6.93. The molecule has 3 rings (SSSR count). The van der Waals surface area contributed by atoms with Gasteiger partial charge in [-0.25, -0.2) is 8.42 Å². The average molecular weight is 391 g/mol. The van der Waals surface area contributed by atoms with E-state index in [0.29, 0.717) is 22.7 Å². The summed E-state index contributed by atoms with van der Waals surface area (Å²) in [7, 11) is -3.70. The van der Waals surface area contributed by atoms with Gasteiger partial charge in [0.2, 0.25) is 0 Å². The lowest BCUT2D eigenvalue weighted by atomic mass is 10.2. The number of rotatable bonds is 5. The number of benzene rings is 1. The van der Waals surface area contributed by atoms with Crippen LogP contribution in [0.25, 0.3) is 0 Å². The third-order valence-electron chi connectivity index (χ3n) is 3.65.